The molecule has 30 heavy (non-hydrogen) atoms. The van der Waals surface area contributed by atoms with Crippen LogP contribution in [-0.4, -0.2) is 14.9 Å². The molecule has 0 fully saturated rings. The number of hydrogen-bond acceptors (Lipinski definition) is 6. The van der Waals surface area contributed by atoms with Crippen LogP contribution in [0.5, 0.6) is 0 Å². The van der Waals surface area contributed by atoms with E-state index in [1.54, 1.807) is 12.1 Å². The van der Waals surface area contributed by atoms with E-state index in [1.165, 1.54) is 30.3 Å². The first kappa shape index (κ1) is 21.6. The molecule has 0 saturated carbocycles. The largest absolute Gasteiger partial charge is 0.421 e. The van der Waals surface area contributed by atoms with Crippen LogP contribution in [0.1, 0.15) is 11.1 Å². The Morgan fingerprint density at radius 3 is 2.53 bits per heavy atom. The zero-order chi connectivity index (χ0) is 21.9. The third-order valence-electron chi connectivity index (χ3n) is 3.85. The molecule has 12 heteroatoms. The molecule has 0 amide bonds. The van der Waals surface area contributed by atoms with Gasteiger partial charge in [-0.15, -0.1) is 0 Å². The maximum absolute atomic E-state index is 13.3. The summed E-state index contributed by atoms with van der Waals surface area (Å²) in [4.78, 5) is 17.9. The van der Waals surface area contributed by atoms with Gasteiger partial charge in [-0.1, -0.05) is 35.3 Å². The van der Waals surface area contributed by atoms with E-state index < -0.39 is 22.5 Å². The third kappa shape index (κ3) is 5.28. The summed E-state index contributed by atoms with van der Waals surface area (Å²) in [6, 6.07) is 10.1. The molecule has 0 radical (unpaired) electrons. The van der Waals surface area contributed by atoms with Gasteiger partial charge in [-0.05, 0) is 23.8 Å². The van der Waals surface area contributed by atoms with Crippen LogP contribution in [0.4, 0.5) is 36.3 Å². The van der Waals surface area contributed by atoms with Crippen LogP contribution < -0.4 is 10.6 Å². The Kier molecular flexibility index (Phi) is 6.28. The van der Waals surface area contributed by atoms with E-state index in [4.69, 9.17) is 23.2 Å². The molecule has 0 aliphatic rings. The van der Waals surface area contributed by atoms with Gasteiger partial charge in [0.15, 0.2) is 0 Å². The van der Waals surface area contributed by atoms with Crippen molar-refractivity contribution in [3.63, 3.8) is 0 Å². The number of nitrogens with zero attached hydrogens (tertiary/aromatic N) is 3. The summed E-state index contributed by atoms with van der Waals surface area (Å²) in [6.07, 6.45) is -4.06. The summed E-state index contributed by atoms with van der Waals surface area (Å²) in [5.41, 5.74) is -0.411. The van der Waals surface area contributed by atoms with Gasteiger partial charge in [0.1, 0.15) is 11.4 Å². The van der Waals surface area contributed by atoms with Crippen molar-refractivity contribution in [2.24, 2.45) is 0 Å². The number of nitro benzene ring substituents is 1. The van der Waals surface area contributed by atoms with Crippen molar-refractivity contribution in [2.45, 2.75) is 12.7 Å². The summed E-state index contributed by atoms with van der Waals surface area (Å²) in [6.45, 7) is -0.117. The summed E-state index contributed by atoms with van der Waals surface area (Å²) >= 11 is 11.8. The molecule has 0 bridgehead atoms. The molecule has 3 rings (SSSR count). The van der Waals surface area contributed by atoms with Crippen LogP contribution in [0.2, 0.25) is 10.0 Å². The summed E-state index contributed by atoms with van der Waals surface area (Å²) in [5, 5.41) is 16.7. The van der Waals surface area contributed by atoms with Crippen molar-refractivity contribution in [1.82, 2.24) is 9.97 Å². The summed E-state index contributed by atoms with van der Waals surface area (Å²) in [5.74, 6) is -0.588. The highest BCUT2D eigenvalue weighted by atomic mass is 35.5. The molecule has 0 aliphatic carbocycles. The number of anilines is 3. The molecular formula is C18H12Cl2F3N5O2. The second kappa shape index (κ2) is 8.72. The van der Waals surface area contributed by atoms with Crippen molar-refractivity contribution < 1.29 is 18.1 Å². The van der Waals surface area contributed by atoms with Gasteiger partial charge >= 0.3 is 6.18 Å². The van der Waals surface area contributed by atoms with Gasteiger partial charge in [-0.25, -0.2) is 4.98 Å². The predicted molar refractivity (Wildman–Crippen MR) is 107 cm³/mol. The van der Waals surface area contributed by atoms with Crippen molar-refractivity contribution in [3.8, 4) is 0 Å². The number of non-ortho nitro benzene ring substituents is 1. The lowest BCUT2D eigenvalue weighted by molar-refractivity contribution is -0.384. The molecular weight excluding hydrogens is 446 g/mol. The van der Waals surface area contributed by atoms with Gasteiger partial charge in [-0.2, -0.15) is 18.2 Å². The number of alkyl halides is 3. The maximum atomic E-state index is 13.3. The van der Waals surface area contributed by atoms with E-state index in [2.05, 4.69) is 20.6 Å². The third-order valence-corrected chi connectivity index (χ3v) is 4.59. The highest BCUT2D eigenvalue weighted by Gasteiger charge is 2.35. The van der Waals surface area contributed by atoms with Gasteiger partial charge in [0.25, 0.3) is 5.69 Å². The smallest absolute Gasteiger partial charge is 0.365 e. The topological polar surface area (TPSA) is 93.0 Å². The lowest BCUT2D eigenvalue weighted by Crippen LogP contribution is -2.14. The number of nitro groups is 1. The predicted octanol–water partition coefficient (Wildman–Crippen LogP) is 6.07. The van der Waals surface area contributed by atoms with Gasteiger partial charge < -0.3 is 10.6 Å². The second-order valence-electron chi connectivity index (χ2n) is 5.99. The zero-order valence-electron chi connectivity index (χ0n) is 14.9. The van der Waals surface area contributed by atoms with E-state index in [0.29, 0.717) is 22.5 Å². The maximum Gasteiger partial charge on any atom is 0.421 e. The standard InChI is InChI=1S/C18H12Cl2F3N5O2/c19-14-5-4-11(7-15(14)20)26-17-25-9-13(18(21,22)23)16(27-17)24-8-10-2-1-3-12(6-10)28(29)30/h1-7,9H,8H2,(H2,24,25,26,27). The Morgan fingerprint density at radius 1 is 1.10 bits per heavy atom. The Labute approximate surface area is 178 Å². The SMILES string of the molecule is O=[N+]([O-])c1cccc(CNc2nc(Nc3ccc(Cl)c(Cl)c3)ncc2C(F)(F)F)c1. The van der Waals surface area contributed by atoms with Crippen LogP contribution in [-0.2, 0) is 12.7 Å². The first-order valence-electron chi connectivity index (χ1n) is 8.27. The quantitative estimate of drug-likeness (QED) is 0.344. The summed E-state index contributed by atoms with van der Waals surface area (Å²) < 4.78 is 40.0. The first-order valence-corrected chi connectivity index (χ1v) is 9.02. The van der Waals surface area contributed by atoms with Crippen molar-refractivity contribution in [2.75, 3.05) is 10.6 Å². The highest BCUT2D eigenvalue weighted by Crippen LogP contribution is 2.34. The highest BCUT2D eigenvalue weighted by molar-refractivity contribution is 6.42. The molecule has 1 aromatic heterocycles. The van der Waals surface area contributed by atoms with Crippen LogP contribution >= 0.6 is 23.2 Å². The molecule has 2 aromatic carbocycles. The molecule has 3 aromatic rings. The minimum atomic E-state index is -4.70. The molecule has 0 atom stereocenters. The minimum absolute atomic E-state index is 0.108. The number of rotatable bonds is 6. The molecule has 0 aliphatic heterocycles. The van der Waals surface area contributed by atoms with Crippen molar-refractivity contribution >= 4 is 46.3 Å². The number of halogens is 5. The lowest BCUT2D eigenvalue weighted by atomic mass is 10.2. The van der Waals surface area contributed by atoms with Gasteiger partial charge in [0, 0.05) is 30.6 Å². The van der Waals surface area contributed by atoms with E-state index in [-0.39, 0.29) is 23.2 Å². The van der Waals surface area contributed by atoms with E-state index in [0.717, 1.165) is 0 Å². The average molecular weight is 458 g/mol. The van der Waals surface area contributed by atoms with E-state index >= 15 is 0 Å². The molecule has 156 valence electrons. The van der Waals surface area contributed by atoms with E-state index in [9.17, 15) is 23.3 Å². The first-order chi connectivity index (χ1) is 14.1. The molecule has 1 heterocycles. The van der Waals surface area contributed by atoms with Crippen LogP contribution in [0.15, 0.2) is 48.7 Å². The van der Waals surface area contributed by atoms with E-state index in [1.807, 2.05) is 0 Å². The van der Waals surface area contributed by atoms with Gasteiger partial charge in [0.05, 0.1) is 15.0 Å². The Hall–Kier alpha value is -3.11. The molecule has 7 nitrogen and oxygen atoms in total. The zero-order valence-corrected chi connectivity index (χ0v) is 16.4. The van der Waals surface area contributed by atoms with Crippen molar-refractivity contribution in [3.05, 3.63) is 79.9 Å². The number of benzene rings is 2. The fourth-order valence-electron chi connectivity index (χ4n) is 2.45. The molecule has 0 spiro atoms. The number of hydrogen-bond donors (Lipinski definition) is 2. The van der Waals surface area contributed by atoms with Gasteiger partial charge in [-0.3, -0.25) is 10.1 Å². The second-order valence-corrected chi connectivity index (χ2v) is 6.80. The normalized spacial score (nSPS) is 11.2. The fourth-order valence-corrected chi connectivity index (χ4v) is 2.75. The lowest BCUT2D eigenvalue weighted by Gasteiger charge is -2.15. The average Bonchev–Trinajstić information content (AvgIpc) is 2.68. The van der Waals surface area contributed by atoms with Crippen molar-refractivity contribution in [1.29, 1.82) is 0 Å². The fraction of sp³-hybridized carbons (Fsp3) is 0.111. The monoisotopic (exact) mass is 457 g/mol. The van der Waals surface area contributed by atoms with Crippen LogP contribution in [0.3, 0.4) is 0 Å². The molecule has 0 saturated heterocycles. The summed E-state index contributed by atoms with van der Waals surface area (Å²) in [7, 11) is 0. The minimum Gasteiger partial charge on any atom is -0.365 e. The number of aromatic nitrogens is 2. The van der Waals surface area contributed by atoms with Gasteiger partial charge in [0.2, 0.25) is 5.95 Å². The molecule has 0 unspecified atom stereocenters. The van der Waals surface area contributed by atoms with Crippen LogP contribution in [0.25, 0.3) is 0 Å². The Morgan fingerprint density at radius 2 is 1.87 bits per heavy atom. The molecule has 2 N–H and O–H groups in total. The Balaban J connectivity index is 1.87. The number of nitrogens with one attached hydrogen (secondary N) is 2. The van der Waals surface area contributed by atoms with Crippen LogP contribution in [0, 0.1) is 10.1 Å². The Bertz CT molecular complexity index is 1100.